The van der Waals surface area contributed by atoms with E-state index in [0.717, 1.165) is 5.56 Å². The smallest absolute Gasteiger partial charge is 0.414 e. The van der Waals surface area contributed by atoms with Gasteiger partial charge < -0.3 is 4.74 Å². The van der Waals surface area contributed by atoms with Crippen LogP contribution in [0.25, 0.3) is 0 Å². The summed E-state index contributed by atoms with van der Waals surface area (Å²) in [7, 11) is 0. The number of para-hydroxylation sites is 1. The van der Waals surface area contributed by atoms with Crippen LogP contribution in [0.2, 0.25) is 0 Å². The summed E-state index contributed by atoms with van der Waals surface area (Å²) < 4.78 is 5.38. The highest BCUT2D eigenvalue weighted by Crippen LogP contribution is 2.42. The van der Waals surface area contributed by atoms with Crippen molar-refractivity contribution in [1.29, 1.82) is 0 Å². The van der Waals surface area contributed by atoms with E-state index in [1.165, 1.54) is 4.90 Å². The minimum Gasteiger partial charge on any atom is -0.443 e. The van der Waals surface area contributed by atoms with E-state index in [1.807, 2.05) is 18.2 Å². The number of ether oxygens (including phenoxy) is 1. The number of amides is 1. The van der Waals surface area contributed by atoms with Crippen molar-refractivity contribution in [2.45, 2.75) is 38.7 Å². The number of hydrogen-bond donors (Lipinski definition) is 0. The van der Waals surface area contributed by atoms with Gasteiger partial charge in [0, 0.05) is 6.54 Å². The predicted molar refractivity (Wildman–Crippen MR) is 78.2 cm³/mol. The van der Waals surface area contributed by atoms with Gasteiger partial charge in [0.1, 0.15) is 5.60 Å². The Bertz CT molecular complexity index is 564. The fourth-order valence-corrected chi connectivity index (χ4v) is 2.47. The quantitative estimate of drug-likeness (QED) is 0.745. The van der Waals surface area contributed by atoms with E-state index in [0.29, 0.717) is 5.69 Å². The average molecular weight is 296 g/mol. The van der Waals surface area contributed by atoms with Crippen molar-refractivity contribution in [2.24, 2.45) is 0 Å². The molecule has 1 unspecified atom stereocenters. The molecule has 108 valence electrons. The lowest BCUT2D eigenvalue weighted by Gasteiger charge is -2.26. The molecule has 0 bridgehead atoms. The van der Waals surface area contributed by atoms with Gasteiger partial charge in [-0.2, -0.15) is 0 Å². The van der Waals surface area contributed by atoms with Crippen molar-refractivity contribution in [2.75, 3.05) is 11.4 Å². The highest BCUT2D eigenvalue weighted by molar-refractivity contribution is 6.65. The number of halogens is 1. The summed E-state index contributed by atoms with van der Waals surface area (Å²) in [5.41, 5.74) is -0.0467. The Labute approximate surface area is 123 Å². The molecule has 1 amide bonds. The summed E-state index contributed by atoms with van der Waals surface area (Å²) in [6.45, 7) is 7.35. The summed E-state index contributed by atoms with van der Waals surface area (Å²) in [6, 6.07) is 7.26. The van der Waals surface area contributed by atoms with Crippen molar-refractivity contribution in [3.05, 3.63) is 29.8 Å². The first-order chi connectivity index (χ1) is 9.15. The fourth-order valence-electron chi connectivity index (χ4n) is 2.31. The Morgan fingerprint density at radius 2 is 1.90 bits per heavy atom. The van der Waals surface area contributed by atoms with Crippen molar-refractivity contribution in [1.82, 2.24) is 0 Å². The summed E-state index contributed by atoms with van der Waals surface area (Å²) in [6.07, 6.45) is -0.466. The molecule has 0 radical (unpaired) electrons. The molecule has 1 aromatic rings. The van der Waals surface area contributed by atoms with Crippen molar-refractivity contribution >= 4 is 28.6 Å². The Morgan fingerprint density at radius 1 is 1.30 bits per heavy atom. The molecule has 4 nitrogen and oxygen atoms in total. The van der Waals surface area contributed by atoms with E-state index in [-0.39, 0.29) is 6.54 Å². The van der Waals surface area contributed by atoms with E-state index >= 15 is 0 Å². The van der Waals surface area contributed by atoms with Crippen LogP contribution in [-0.4, -0.2) is 23.5 Å². The zero-order chi connectivity index (χ0) is 15.1. The number of carbonyl (C=O) groups is 2. The molecule has 1 heterocycles. The maximum Gasteiger partial charge on any atom is 0.414 e. The predicted octanol–water partition coefficient (Wildman–Crippen LogP) is 3.46. The average Bonchev–Trinajstić information content (AvgIpc) is 2.63. The Morgan fingerprint density at radius 3 is 2.45 bits per heavy atom. The number of hydrogen-bond acceptors (Lipinski definition) is 3. The number of carbonyl (C=O) groups excluding carboxylic acids is 2. The number of anilines is 1. The van der Waals surface area contributed by atoms with Crippen molar-refractivity contribution in [3.63, 3.8) is 0 Å². The normalized spacial score (nSPS) is 21.6. The maximum absolute atomic E-state index is 12.3. The molecule has 1 atom stereocenters. The van der Waals surface area contributed by atoms with Gasteiger partial charge in [-0.15, -0.1) is 0 Å². The van der Waals surface area contributed by atoms with Gasteiger partial charge in [-0.3, -0.25) is 9.69 Å². The molecule has 0 fully saturated rings. The van der Waals surface area contributed by atoms with Crippen LogP contribution >= 0.6 is 11.6 Å². The molecule has 0 N–H and O–H groups in total. The van der Waals surface area contributed by atoms with Crippen molar-refractivity contribution in [3.8, 4) is 0 Å². The van der Waals surface area contributed by atoms with Gasteiger partial charge in [-0.25, -0.2) is 4.79 Å². The first-order valence-electron chi connectivity index (χ1n) is 6.45. The third-order valence-corrected chi connectivity index (χ3v) is 3.73. The molecule has 0 saturated heterocycles. The SMILES string of the molecule is CC(C)(C)OC(=O)N1CC(C)(C(=O)Cl)c2ccccc21. The van der Waals surface area contributed by atoms with E-state index < -0.39 is 22.4 Å². The minimum absolute atomic E-state index is 0.198. The molecule has 20 heavy (non-hydrogen) atoms. The van der Waals surface area contributed by atoms with Gasteiger partial charge in [-0.05, 0) is 50.9 Å². The number of rotatable bonds is 1. The number of fused-ring (bicyclic) bond motifs is 1. The first kappa shape index (κ1) is 14.9. The second-order valence-electron chi connectivity index (χ2n) is 6.19. The van der Waals surface area contributed by atoms with Crippen LogP contribution in [0.4, 0.5) is 10.5 Å². The van der Waals surface area contributed by atoms with Gasteiger partial charge in [0.05, 0.1) is 11.1 Å². The Kier molecular flexibility index (Phi) is 3.54. The lowest BCUT2D eigenvalue weighted by molar-refractivity contribution is -0.115. The second-order valence-corrected chi connectivity index (χ2v) is 6.53. The fraction of sp³-hybridized carbons (Fsp3) is 0.467. The zero-order valence-electron chi connectivity index (χ0n) is 12.1. The molecular formula is C15H18ClNO3. The Balaban J connectivity index is 2.40. The molecule has 2 rings (SSSR count). The third-order valence-electron chi connectivity index (χ3n) is 3.31. The Hall–Kier alpha value is -1.55. The number of benzene rings is 1. The van der Waals surface area contributed by atoms with Gasteiger partial charge in [0.15, 0.2) is 0 Å². The lowest BCUT2D eigenvalue weighted by atomic mass is 9.86. The highest BCUT2D eigenvalue weighted by Gasteiger charge is 2.46. The monoisotopic (exact) mass is 295 g/mol. The van der Waals surface area contributed by atoms with Crippen LogP contribution in [0.15, 0.2) is 24.3 Å². The third kappa shape index (κ3) is 2.52. The summed E-state index contributed by atoms with van der Waals surface area (Å²) in [5, 5.41) is -0.476. The first-order valence-corrected chi connectivity index (χ1v) is 6.83. The zero-order valence-corrected chi connectivity index (χ0v) is 12.8. The van der Waals surface area contributed by atoms with Gasteiger partial charge >= 0.3 is 6.09 Å². The molecule has 0 aromatic heterocycles. The molecular weight excluding hydrogens is 278 g/mol. The van der Waals surface area contributed by atoms with Crippen LogP contribution < -0.4 is 4.90 Å². The van der Waals surface area contributed by atoms with E-state index in [2.05, 4.69) is 0 Å². The molecule has 1 aromatic carbocycles. The molecule has 0 saturated carbocycles. The van der Waals surface area contributed by atoms with Crippen LogP contribution in [0, 0.1) is 0 Å². The molecule has 5 heteroatoms. The second kappa shape index (κ2) is 4.77. The van der Waals surface area contributed by atoms with E-state index in [9.17, 15) is 9.59 Å². The summed E-state index contributed by atoms with van der Waals surface area (Å²) in [5.74, 6) is 0. The van der Waals surface area contributed by atoms with Crippen LogP contribution in [0.1, 0.15) is 33.3 Å². The van der Waals surface area contributed by atoms with Gasteiger partial charge in [-0.1, -0.05) is 18.2 Å². The lowest BCUT2D eigenvalue weighted by Crippen LogP contribution is -2.41. The summed E-state index contributed by atoms with van der Waals surface area (Å²) >= 11 is 5.74. The topological polar surface area (TPSA) is 46.6 Å². The maximum atomic E-state index is 12.3. The van der Waals surface area contributed by atoms with Gasteiger partial charge in [0.2, 0.25) is 5.24 Å². The number of nitrogens with zero attached hydrogens (tertiary/aromatic N) is 1. The molecule has 1 aliphatic heterocycles. The molecule has 0 spiro atoms. The van der Waals surface area contributed by atoms with E-state index in [4.69, 9.17) is 16.3 Å². The van der Waals surface area contributed by atoms with E-state index in [1.54, 1.807) is 33.8 Å². The van der Waals surface area contributed by atoms with Crippen LogP contribution in [0.5, 0.6) is 0 Å². The molecule has 0 aliphatic carbocycles. The van der Waals surface area contributed by atoms with Crippen molar-refractivity contribution < 1.29 is 14.3 Å². The summed E-state index contributed by atoms with van der Waals surface area (Å²) in [4.78, 5) is 25.5. The highest BCUT2D eigenvalue weighted by atomic mass is 35.5. The minimum atomic E-state index is -0.894. The van der Waals surface area contributed by atoms with Crippen LogP contribution in [0.3, 0.4) is 0 Å². The van der Waals surface area contributed by atoms with Crippen LogP contribution in [-0.2, 0) is 14.9 Å². The molecule has 1 aliphatic rings. The largest absolute Gasteiger partial charge is 0.443 e. The van der Waals surface area contributed by atoms with Gasteiger partial charge in [0.25, 0.3) is 0 Å². The standard InChI is InChI=1S/C15H18ClNO3/c1-14(2,3)20-13(19)17-9-15(4,12(16)18)10-7-5-6-8-11(10)17/h5-8H,9H2,1-4H3.